The molecule has 0 heterocycles. The molecule has 0 aromatic heterocycles. The van der Waals surface area contributed by atoms with E-state index in [1.54, 1.807) is 0 Å². The molecule has 0 bridgehead atoms. The van der Waals surface area contributed by atoms with Gasteiger partial charge in [0.25, 0.3) is 0 Å². The molecule has 1 aromatic rings. The molecule has 2 rings (SSSR count). The van der Waals surface area contributed by atoms with Crippen LogP contribution in [0.1, 0.15) is 17.2 Å². The van der Waals surface area contributed by atoms with E-state index in [1.807, 2.05) is 0 Å². The monoisotopic (exact) mass is 264 g/mol. The molecule has 0 N–H and O–H groups in total. The van der Waals surface area contributed by atoms with Gasteiger partial charge in [-0.2, -0.15) is 17.6 Å². The van der Waals surface area contributed by atoms with Crippen molar-refractivity contribution in [2.24, 2.45) is 0 Å². The quantitative estimate of drug-likeness (QED) is 0.701. The van der Waals surface area contributed by atoms with Crippen molar-refractivity contribution in [2.75, 3.05) is 7.11 Å². The summed E-state index contributed by atoms with van der Waals surface area (Å²) < 4.78 is 71.5. The minimum atomic E-state index is -4.45. The van der Waals surface area contributed by atoms with E-state index < -0.39 is 23.8 Å². The van der Waals surface area contributed by atoms with E-state index in [0.29, 0.717) is 0 Å². The average Bonchev–Trinajstić information content (AvgIpc) is 2.34. The van der Waals surface area contributed by atoms with Crippen molar-refractivity contribution < 1.29 is 26.7 Å². The SMILES string of the molecule is COC1c2cc(F)ccc2C=CC(F)(F)C1(F)F. The first kappa shape index (κ1) is 13.0. The molecule has 1 nitrogen and oxygen atoms in total. The lowest BCUT2D eigenvalue weighted by atomic mass is 9.98. The van der Waals surface area contributed by atoms with Crippen LogP contribution in [0.2, 0.25) is 0 Å². The van der Waals surface area contributed by atoms with Gasteiger partial charge in [-0.05, 0) is 29.3 Å². The minimum absolute atomic E-state index is 0.0834. The van der Waals surface area contributed by atoms with E-state index in [2.05, 4.69) is 4.74 Å². The summed E-state index contributed by atoms with van der Waals surface area (Å²) in [5.74, 6) is -9.59. The fourth-order valence-corrected chi connectivity index (χ4v) is 1.88. The number of fused-ring (bicyclic) bond motifs is 1. The Morgan fingerprint density at radius 1 is 1.17 bits per heavy atom. The van der Waals surface area contributed by atoms with Crippen molar-refractivity contribution in [2.45, 2.75) is 17.9 Å². The van der Waals surface area contributed by atoms with E-state index in [9.17, 15) is 22.0 Å². The molecule has 1 atom stereocenters. The second-order valence-corrected chi connectivity index (χ2v) is 3.97. The Morgan fingerprint density at radius 2 is 1.83 bits per heavy atom. The number of hydrogen-bond acceptors (Lipinski definition) is 1. The highest BCUT2D eigenvalue weighted by molar-refractivity contribution is 5.58. The van der Waals surface area contributed by atoms with Gasteiger partial charge in [0.05, 0.1) is 0 Å². The Bertz CT molecular complexity index is 495. The second kappa shape index (κ2) is 4.05. The Morgan fingerprint density at radius 3 is 2.44 bits per heavy atom. The third-order valence-corrected chi connectivity index (χ3v) is 2.81. The van der Waals surface area contributed by atoms with Crippen molar-refractivity contribution in [3.8, 4) is 0 Å². The van der Waals surface area contributed by atoms with E-state index in [-0.39, 0.29) is 17.2 Å². The van der Waals surface area contributed by atoms with Crippen LogP contribution < -0.4 is 0 Å². The summed E-state index contributed by atoms with van der Waals surface area (Å²) in [7, 11) is 0.884. The average molecular weight is 264 g/mol. The van der Waals surface area contributed by atoms with Crippen LogP contribution in [0, 0.1) is 5.82 Å². The van der Waals surface area contributed by atoms with Gasteiger partial charge >= 0.3 is 11.8 Å². The fourth-order valence-electron chi connectivity index (χ4n) is 1.88. The zero-order chi connectivity index (χ0) is 13.6. The Balaban J connectivity index is 2.66. The molecular weight excluding hydrogens is 255 g/mol. The molecule has 1 aliphatic carbocycles. The molecule has 1 aromatic carbocycles. The predicted molar refractivity (Wildman–Crippen MR) is 55.1 cm³/mol. The van der Waals surface area contributed by atoms with E-state index in [4.69, 9.17) is 0 Å². The molecule has 0 saturated carbocycles. The third-order valence-electron chi connectivity index (χ3n) is 2.81. The van der Waals surface area contributed by atoms with Crippen molar-refractivity contribution >= 4 is 6.08 Å². The second-order valence-electron chi connectivity index (χ2n) is 3.97. The maximum atomic E-state index is 13.7. The molecule has 1 unspecified atom stereocenters. The Labute approximate surface area is 99.9 Å². The molecule has 1 aliphatic rings. The first-order valence-corrected chi connectivity index (χ1v) is 5.06. The summed E-state index contributed by atoms with van der Waals surface area (Å²) in [4.78, 5) is 0. The first-order valence-electron chi connectivity index (χ1n) is 5.06. The van der Waals surface area contributed by atoms with Gasteiger partial charge in [0.1, 0.15) is 5.82 Å². The maximum Gasteiger partial charge on any atom is 0.343 e. The summed E-state index contributed by atoms with van der Waals surface area (Å²) in [5.41, 5.74) is -0.212. The van der Waals surface area contributed by atoms with Crippen LogP contribution in [-0.4, -0.2) is 19.0 Å². The Hall–Kier alpha value is -1.43. The molecule has 18 heavy (non-hydrogen) atoms. The smallest absolute Gasteiger partial charge is 0.343 e. The molecule has 0 saturated heterocycles. The lowest BCUT2D eigenvalue weighted by molar-refractivity contribution is -0.238. The lowest BCUT2D eigenvalue weighted by Crippen LogP contribution is -2.44. The molecular formula is C12H9F5O. The molecule has 0 radical (unpaired) electrons. The van der Waals surface area contributed by atoms with Gasteiger partial charge in [-0.3, -0.25) is 0 Å². The van der Waals surface area contributed by atoms with E-state index in [1.165, 1.54) is 0 Å². The van der Waals surface area contributed by atoms with Gasteiger partial charge in [0.15, 0.2) is 6.10 Å². The number of hydrogen-bond donors (Lipinski definition) is 0. The Kier molecular flexibility index (Phi) is 2.93. The number of methoxy groups -OCH3 is 1. The van der Waals surface area contributed by atoms with Gasteiger partial charge in [-0.25, -0.2) is 4.39 Å². The van der Waals surface area contributed by atoms with Crippen molar-refractivity contribution in [3.05, 3.63) is 41.2 Å². The molecule has 0 spiro atoms. The predicted octanol–water partition coefficient (Wildman–Crippen LogP) is 3.81. The summed E-state index contributed by atoms with van der Waals surface area (Å²) in [6.07, 6.45) is -1.24. The topological polar surface area (TPSA) is 9.23 Å². The van der Waals surface area contributed by atoms with Crippen LogP contribution in [0.5, 0.6) is 0 Å². The number of benzene rings is 1. The normalized spacial score (nSPS) is 24.4. The molecule has 0 aliphatic heterocycles. The van der Waals surface area contributed by atoms with Crippen LogP contribution in [0.4, 0.5) is 22.0 Å². The minimum Gasteiger partial charge on any atom is -0.370 e. The van der Waals surface area contributed by atoms with Crippen LogP contribution in [-0.2, 0) is 4.74 Å². The zero-order valence-corrected chi connectivity index (χ0v) is 9.26. The summed E-state index contributed by atoms with van der Waals surface area (Å²) in [5, 5.41) is 0. The van der Waals surface area contributed by atoms with Crippen LogP contribution >= 0.6 is 0 Å². The largest absolute Gasteiger partial charge is 0.370 e. The molecule has 6 heteroatoms. The van der Waals surface area contributed by atoms with Gasteiger partial charge in [0.2, 0.25) is 0 Å². The third kappa shape index (κ3) is 1.80. The van der Waals surface area contributed by atoms with Gasteiger partial charge in [-0.15, -0.1) is 0 Å². The van der Waals surface area contributed by atoms with E-state index >= 15 is 0 Å². The van der Waals surface area contributed by atoms with Crippen LogP contribution in [0.25, 0.3) is 6.08 Å². The number of alkyl halides is 4. The van der Waals surface area contributed by atoms with Gasteiger partial charge in [-0.1, -0.05) is 12.1 Å². The summed E-state index contributed by atoms with van der Waals surface area (Å²) in [6, 6.07) is 2.95. The van der Waals surface area contributed by atoms with E-state index in [0.717, 1.165) is 31.4 Å². The highest BCUT2D eigenvalue weighted by atomic mass is 19.3. The lowest BCUT2D eigenvalue weighted by Gasteiger charge is -2.29. The molecule has 0 fully saturated rings. The number of halogens is 5. The fraction of sp³-hybridized carbons (Fsp3) is 0.333. The zero-order valence-electron chi connectivity index (χ0n) is 9.26. The standard InChI is InChI=1S/C12H9F5O/c1-18-10-9-6-8(13)3-2-7(9)4-5-11(14,15)12(10,16)17/h2-6,10H,1H3. The molecule has 0 amide bonds. The summed E-state index contributed by atoms with van der Waals surface area (Å²) in [6.45, 7) is 0. The van der Waals surface area contributed by atoms with Crippen molar-refractivity contribution in [1.82, 2.24) is 0 Å². The van der Waals surface area contributed by atoms with Crippen molar-refractivity contribution in [3.63, 3.8) is 0 Å². The highest BCUT2D eigenvalue weighted by Gasteiger charge is 2.61. The van der Waals surface area contributed by atoms with Crippen LogP contribution in [0.3, 0.4) is 0 Å². The molecule has 98 valence electrons. The van der Waals surface area contributed by atoms with Gasteiger partial charge in [0, 0.05) is 7.11 Å². The highest BCUT2D eigenvalue weighted by Crippen LogP contribution is 2.49. The van der Waals surface area contributed by atoms with Crippen LogP contribution in [0.15, 0.2) is 24.3 Å². The summed E-state index contributed by atoms with van der Waals surface area (Å²) >= 11 is 0. The van der Waals surface area contributed by atoms with Crippen molar-refractivity contribution in [1.29, 1.82) is 0 Å². The van der Waals surface area contributed by atoms with Gasteiger partial charge < -0.3 is 4.74 Å². The number of rotatable bonds is 1. The first-order chi connectivity index (χ1) is 8.29. The number of allylic oxidation sites excluding steroid dienone is 1. The maximum absolute atomic E-state index is 13.7. The number of ether oxygens (including phenoxy) is 1.